The van der Waals surface area contributed by atoms with Gasteiger partial charge in [0.2, 0.25) is 0 Å². The highest BCUT2D eigenvalue weighted by Crippen LogP contribution is 1.91. The van der Waals surface area contributed by atoms with Gasteiger partial charge in [-0.25, -0.2) is 0 Å². The Balaban J connectivity index is 3.14. The molecule has 0 aromatic rings. The molecule has 0 aliphatic carbocycles. The third-order valence-electron chi connectivity index (χ3n) is 0.897. The summed E-state index contributed by atoms with van der Waals surface area (Å²) < 4.78 is 4.56. The first-order chi connectivity index (χ1) is 5.16. The summed E-state index contributed by atoms with van der Waals surface area (Å²) in [6, 6.07) is 0. The quantitative estimate of drug-likeness (QED) is 0.357. The van der Waals surface area contributed by atoms with Crippen molar-refractivity contribution >= 4 is 27.9 Å². The second-order valence-corrected chi connectivity index (χ2v) is 2.39. The van der Waals surface area contributed by atoms with Gasteiger partial charge in [0, 0.05) is 5.97 Å². The number of ether oxygens (including phenoxy) is 1. The van der Waals surface area contributed by atoms with Crippen LogP contribution in [-0.4, -0.2) is 23.9 Å². The van der Waals surface area contributed by atoms with Gasteiger partial charge in [0.15, 0.2) is 0 Å². The normalized spacial score (nSPS) is 9.18. The molecule has 0 rings (SSSR count). The fourth-order valence-corrected chi connectivity index (χ4v) is 0.603. The van der Waals surface area contributed by atoms with Crippen molar-refractivity contribution in [1.29, 1.82) is 0 Å². The Morgan fingerprint density at radius 2 is 2.09 bits per heavy atom. The first kappa shape index (κ1) is 10.4. The SMILES string of the molecule is O=C([O-])CCCOC(=O)CBr. The smallest absolute Gasteiger partial charge is 0.316 e. The Kier molecular flexibility index (Phi) is 5.83. The number of halogens is 1. The van der Waals surface area contributed by atoms with E-state index in [4.69, 9.17) is 0 Å². The third kappa shape index (κ3) is 7.32. The van der Waals surface area contributed by atoms with Crippen LogP contribution in [0.15, 0.2) is 0 Å². The van der Waals surface area contributed by atoms with Gasteiger partial charge in [-0.15, -0.1) is 0 Å². The lowest BCUT2D eigenvalue weighted by Gasteiger charge is -2.02. The molecule has 0 bridgehead atoms. The van der Waals surface area contributed by atoms with Gasteiger partial charge in [-0.2, -0.15) is 0 Å². The molecule has 0 radical (unpaired) electrons. The van der Waals surface area contributed by atoms with Crippen LogP contribution in [0.5, 0.6) is 0 Å². The van der Waals surface area contributed by atoms with E-state index in [0.717, 1.165) is 0 Å². The van der Waals surface area contributed by atoms with Crippen LogP contribution in [0.3, 0.4) is 0 Å². The zero-order valence-corrected chi connectivity index (χ0v) is 7.43. The second kappa shape index (κ2) is 6.15. The number of carbonyl (C=O) groups is 2. The second-order valence-electron chi connectivity index (χ2n) is 1.83. The van der Waals surface area contributed by atoms with Crippen molar-refractivity contribution in [2.45, 2.75) is 12.8 Å². The summed E-state index contributed by atoms with van der Waals surface area (Å²) in [6.07, 6.45) is 0.233. The van der Waals surface area contributed by atoms with E-state index in [2.05, 4.69) is 20.7 Å². The van der Waals surface area contributed by atoms with Crippen molar-refractivity contribution in [3.05, 3.63) is 0 Å². The Labute approximate surface area is 72.7 Å². The van der Waals surface area contributed by atoms with Gasteiger partial charge in [-0.3, -0.25) is 4.79 Å². The van der Waals surface area contributed by atoms with Crippen molar-refractivity contribution in [2.75, 3.05) is 11.9 Å². The monoisotopic (exact) mass is 223 g/mol. The first-order valence-electron chi connectivity index (χ1n) is 3.08. The number of aliphatic carboxylic acids is 1. The molecule has 0 amide bonds. The van der Waals surface area contributed by atoms with Crippen molar-refractivity contribution in [3.8, 4) is 0 Å². The lowest BCUT2D eigenvalue weighted by Crippen LogP contribution is -2.22. The molecule has 0 fully saturated rings. The molecular weight excluding hydrogens is 216 g/mol. The highest BCUT2D eigenvalue weighted by molar-refractivity contribution is 9.09. The highest BCUT2D eigenvalue weighted by Gasteiger charge is 1.97. The van der Waals surface area contributed by atoms with Crippen LogP contribution in [-0.2, 0) is 14.3 Å². The van der Waals surface area contributed by atoms with E-state index < -0.39 is 5.97 Å². The molecule has 0 saturated heterocycles. The van der Waals surface area contributed by atoms with E-state index >= 15 is 0 Å². The van der Waals surface area contributed by atoms with Crippen molar-refractivity contribution in [1.82, 2.24) is 0 Å². The van der Waals surface area contributed by atoms with E-state index in [0.29, 0.717) is 6.42 Å². The van der Waals surface area contributed by atoms with E-state index in [1.165, 1.54) is 0 Å². The molecule has 0 aliphatic heterocycles. The van der Waals surface area contributed by atoms with Gasteiger partial charge in [0.25, 0.3) is 0 Å². The fourth-order valence-electron chi connectivity index (χ4n) is 0.441. The zero-order valence-electron chi connectivity index (χ0n) is 5.84. The van der Waals surface area contributed by atoms with Crippen LogP contribution in [0.1, 0.15) is 12.8 Å². The van der Waals surface area contributed by atoms with Crippen molar-refractivity contribution < 1.29 is 19.4 Å². The average Bonchev–Trinajstić information content (AvgIpc) is 1.97. The predicted octanol–water partition coefficient (Wildman–Crippen LogP) is -0.545. The van der Waals surface area contributed by atoms with Gasteiger partial charge in [0.05, 0.1) is 6.61 Å². The van der Waals surface area contributed by atoms with Gasteiger partial charge in [-0.05, 0) is 12.8 Å². The molecule has 0 N–H and O–H groups in total. The molecule has 4 nitrogen and oxygen atoms in total. The molecule has 5 heteroatoms. The van der Waals surface area contributed by atoms with Crippen LogP contribution in [0.4, 0.5) is 0 Å². The van der Waals surface area contributed by atoms with E-state index in [9.17, 15) is 14.7 Å². The Morgan fingerprint density at radius 1 is 1.45 bits per heavy atom. The standard InChI is InChI=1S/C6H9BrO4/c7-4-6(10)11-3-1-2-5(8)9/h1-4H2,(H,8,9)/p-1. The molecule has 11 heavy (non-hydrogen) atoms. The van der Waals surface area contributed by atoms with E-state index in [1.807, 2.05) is 0 Å². The molecule has 0 spiro atoms. The van der Waals surface area contributed by atoms with Crippen LogP contribution in [0.25, 0.3) is 0 Å². The summed E-state index contributed by atoms with van der Waals surface area (Å²) >= 11 is 2.89. The molecule has 0 aromatic carbocycles. The van der Waals surface area contributed by atoms with Gasteiger partial charge < -0.3 is 14.6 Å². The maximum Gasteiger partial charge on any atom is 0.316 e. The van der Waals surface area contributed by atoms with Gasteiger partial charge >= 0.3 is 5.97 Å². The maximum absolute atomic E-state index is 10.4. The van der Waals surface area contributed by atoms with E-state index in [-0.39, 0.29) is 24.3 Å². The van der Waals surface area contributed by atoms with Gasteiger partial charge in [-0.1, -0.05) is 15.9 Å². The summed E-state index contributed by atoms with van der Waals surface area (Å²) in [5.41, 5.74) is 0. The molecule has 0 aromatic heterocycles. The number of esters is 1. The van der Waals surface area contributed by atoms with Crippen LogP contribution in [0.2, 0.25) is 0 Å². The number of carboxylic acid groups (broad SMARTS) is 1. The Bertz CT molecular complexity index is 146. The predicted molar refractivity (Wildman–Crippen MR) is 39.0 cm³/mol. The molecular formula is C6H8BrO4-. The van der Waals surface area contributed by atoms with Crippen LogP contribution < -0.4 is 5.11 Å². The summed E-state index contributed by atoms with van der Waals surface area (Å²) in [4.78, 5) is 20.3. The topological polar surface area (TPSA) is 66.4 Å². The van der Waals surface area contributed by atoms with Gasteiger partial charge in [0.1, 0.15) is 5.33 Å². The largest absolute Gasteiger partial charge is 0.550 e. The van der Waals surface area contributed by atoms with E-state index in [1.54, 1.807) is 0 Å². The number of carboxylic acids is 1. The summed E-state index contributed by atoms with van der Waals surface area (Å²) in [7, 11) is 0. The van der Waals surface area contributed by atoms with Crippen LogP contribution >= 0.6 is 15.9 Å². The lowest BCUT2D eigenvalue weighted by atomic mass is 10.3. The highest BCUT2D eigenvalue weighted by atomic mass is 79.9. The maximum atomic E-state index is 10.4. The number of hydrogen-bond acceptors (Lipinski definition) is 4. The minimum atomic E-state index is -1.13. The van der Waals surface area contributed by atoms with Crippen molar-refractivity contribution in [2.24, 2.45) is 0 Å². The number of carbonyl (C=O) groups excluding carboxylic acids is 2. The minimum absolute atomic E-state index is 0.0738. The minimum Gasteiger partial charge on any atom is -0.550 e. The summed E-state index contributed by atoms with van der Waals surface area (Å²) in [6.45, 7) is 0.137. The molecule has 0 heterocycles. The summed E-state index contributed by atoms with van der Waals surface area (Å²) in [5, 5.41) is 9.99. The lowest BCUT2D eigenvalue weighted by molar-refractivity contribution is -0.305. The number of rotatable bonds is 5. The Hall–Kier alpha value is -0.580. The molecule has 64 valence electrons. The Morgan fingerprint density at radius 3 is 2.55 bits per heavy atom. The number of hydrogen-bond donors (Lipinski definition) is 0. The number of alkyl halides is 1. The summed E-state index contributed by atoms with van der Waals surface area (Å²) in [5.74, 6) is -1.51. The molecule has 0 unspecified atom stereocenters. The molecule has 0 saturated carbocycles. The van der Waals surface area contributed by atoms with Crippen molar-refractivity contribution in [3.63, 3.8) is 0 Å². The molecule has 0 aliphatic rings. The zero-order chi connectivity index (χ0) is 8.69. The first-order valence-corrected chi connectivity index (χ1v) is 4.20. The third-order valence-corrected chi connectivity index (χ3v) is 1.36. The fraction of sp³-hybridized carbons (Fsp3) is 0.667. The average molecular weight is 224 g/mol. The van der Waals surface area contributed by atoms with Crippen LogP contribution in [0, 0.1) is 0 Å². The molecule has 0 atom stereocenters.